The minimum absolute atomic E-state index is 0.391. The van der Waals surface area contributed by atoms with Crippen molar-refractivity contribution in [1.82, 2.24) is 0 Å². The second-order valence-electron chi connectivity index (χ2n) is 4.42. The third-order valence-electron chi connectivity index (χ3n) is 3.10. The predicted octanol–water partition coefficient (Wildman–Crippen LogP) is 3.96. The van der Waals surface area contributed by atoms with E-state index in [1.54, 1.807) is 0 Å². The van der Waals surface area contributed by atoms with Crippen molar-refractivity contribution in [1.29, 1.82) is 0 Å². The van der Waals surface area contributed by atoms with E-state index >= 15 is 0 Å². The van der Waals surface area contributed by atoms with Gasteiger partial charge in [-0.3, -0.25) is 0 Å². The fourth-order valence-corrected chi connectivity index (χ4v) is 3.02. The van der Waals surface area contributed by atoms with Gasteiger partial charge in [-0.1, -0.05) is 37.9 Å². The van der Waals surface area contributed by atoms with Crippen LogP contribution in [0.15, 0.2) is 22.7 Å². The number of hydrogen-bond acceptors (Lipinski definition) is 2. The number of ether oxygens (including phenoxy) is 1. The number of hydrogen-bond donors (Lipinski definition) is 0. The standard InChI is InChI=1S/C13H17Br2NO/c1-16(9-12-3-2-6-17-12)13-7-11(15)5-4-10(13)8-14/h4-5,7,12H,2-3,6,8-9H2,1H3. The Labute approximate surface area is 120 Å². The molecule has 0 amide bonds. The molecule has 2 rings (SSSR count). The first-order valence-corrected chi connectivity index (χ1v) is 7.79. The monoisotopic (exact) mass is 361 g/mol. The van der Waals surface area contributed by atoms with E-state index in [0.29, 0.717) is 6.10 Å². The number of anilines is 1. The van der Waals surface area contributed by atoms with E-state index in [1.807, 2.05) is 0 Å². The number of halogens is 2. The Hall–Kier alpha value is -0.0600. The molecule has 17 heavy (non-hydrogen) atoms. The predicted molar refractivity (Wildman–Crippen MR) is 79.0 cm³/mol. The largest absolute Gasteiger partial charge is 0.376 e. The number of benzene rings is 1. The quantitative estimate of drug-likeness (QED) is 0.751. The molecular formula is C13H17Br2NO. The summed E-state index contributed by atoms with van der Waals surface area (Å²) in [7, 11) is 2.13. The molecule has 1 aromatic rings. The lowest BCUT2D eigenvalue weighted by Crippen LogP contribution is -2.29. The average molecular weight is 363 g/mol. The molecule has 1 unspecified atom stereocenters. The van der Waals surface area contributed by atoms with Gasteiger partial charge < -0.3 is 9.64 Å². The molecule has 94 valence electrons. The lowest BCUT2D eigenvalue weighted by molar-refractivity contribution is 0.116. The highest BCUT2D eigenvalue weighted by Gasteiger charge is 2.18. The molecule has 0 aliphatic carbocycles. The van der Waals surface area contributed by atoms with Crippen molar-refractivity contribution in [3.8, 4) is 0 Å². The first kappa shape index (κ1) is 13.4. The molecule has 0 saturated carbocycles. The van der Waals surface area contributed by atoms with Crippen molar-refractivity contribution in [2.24, 2.45) is 0 Å². The zero-order valence-corrected chi connectivity index (χ0v) is 13.1. The van der Waals surface area contributed by atoms with Crippen molar-refractivity contribution < 1.29 is 4.74 Å². The summed E-state index contributed by atoms with van der Waals surface area (Å²) in [6.07, 6.45) is 2.77. The van der Waals surface area contributed by atoms with Gasteiger partial charge in [0, 0.05) is 35.7 Å². The summed E-state index contributed by atoms with van der Waals surface area (Å²) < 4.78 is 6.81. The van der Waals surface area contributed by atoms with Crippen LogP contribution in [0.2, 0.25) is 0 Å². The van der Waals surface area contributed by atoms with Crippen LogP contribution in [0, 0.1) is 0 Å². The molecule has 1 atom stereocenters. The smallest absolute Gasteiger partial charge is 0.0750 e. The van der Waals surface area contributed by atoms with Gasteiger partial charge in [0.2, 0.25) is 0 Å². The van der Waals surface area contributed by atoms with E-state index in [4.69, 9.17) is 4.74 Å². The van der Waals surface area contributed by atoms with E-state index in [0.717, 1.165) is 23.0 Å². The molecule has 1 saturated heterocycles. The highest BCUT2D eigenvalue weighted by molar-refractivity contribution is 9.10. The zero-order chi connectivity index (χ0) is 12.3. The molecule has 1 aromatic carbocycles. The Kier molecular flexibility index (Phi) is 4.88. The maximum absolute atomic E-state index is 5.68. The van der Waals surface area contributed by atoms with Gasteiger partial charge in [-0.15, -0.1) is 0 Å². The number of rotatable bonds is 4. The van der Waals surface area contributed by atoms with E-state index in [1.165, 1.54) is 24.1 Å². The van der Waals surface area contributed by atoms with Gasteiger partial charge >= 0.3 is 0 Å². The normalized spacial score (nSPS) is 19.6. The summed E-state index contributed by atoms with van der Waals surface area (Å²) in [6, 6.07) is 6.41. The van der Waals surface area contributed by atoms with Gasteiger partial charge in [0.05, 0.1) is 6.10 Å². The third-order valence-corrected chi connectivity index (χ3v) is 4.20. The lowest BCUT2D eigenvalue weighted by atomic mass is 10.1. The Balaban J connectivity index is 2.11. The molecule has 0 N–H and O–H groups in total. The molecule has 1 aliphatic heterocycles. The minimum Gasteiger partial charge on any atom is -0.376 e. The SMILES string of the molecule is CN(CC1CCCO1)c1cc(Br)ccc1CBr. The number of alkyl halides is 1. The van der Waals surface area contributed by atoms with E-state index in [-0.39, 0.29) is 0 Å². The number of likely N-dealkylation sites (N-methyl/N-ethyl adjacent to an activating group) is 1. The van der Waals surface area contributed by atoms with Crippen molar-refractivity contribution >= 4 is 37.5 Å². The fourth-order valence-electron chi connectivity index (χ4n) is 2.20. The van der Waals surface area contributed by atoms with Gasteiger partial charge in [0.25, 0.3) is 0 Å². The highest BCUT2D eigenvalue weighted by atomic mass is 79.9. The van der Waals surface area contributed by atoms with Gasteiger partial charge in [-0.05, 0) is 30.5 Å². The number of nitrogens with zero attached hydrogens (tertiary/aromatic N) is 1. The van der Waals surface area contributed by atoms with Crippen molar-refractivity contribution in [2.75, 3.05) is 25.1 Å². The Morgan fingerprint density at radius 3 is 2.94 bits per heavy atom. The first-order chi connectivity index (χ1) is 8.20. The summed E-state index contributed by atoms with van der Waals surface area (Å²) in [5.74, 6) is 0. The van der Waals surface area contributed by atoms with E-state index < -0.39 is 0 Å². The molecule has 0 bridgehead atoms. The lowest BCUT2D eigenvalue weighted by Gasteiger charge is -2.25. The van der Waals surface area contributed by atoms with Crippen LogP contribution in [-0.2, 0) is 10.1 Å². The Bertz CT molecular complexity index is 378. The highest BCUT2D eigenvalue weighted by Crippen LogP contribution is 2.27. The average Bonchev–Trinajstić information content (AvgIpc) is 2.81. The van der Waals surface area contributed by atoms with Crippen LogP contribution in [0.4, 0.5) is 5.69 Å². The summed E-state index contributed by atoms with van der Waals surface area (Å²) in [6.45, 7) is 1.89. The van der Waals surface area contributed by atoms with Crippen LogP contribution >= 0.6 is 31.9 Å². The van der Waals surface area contributed by atoms with Crippen LogP contribution in [0.1, 0.15) is 18.4 Å². The van der Waals surface area contributed by atoms with Gasteiger partial charge in [-0.2, -0.15) is 0 Å². The Morgan fingerprint density at radius 1 is 1.47 bits per heavy atom. The second kappa shape index (κ2) is 6.21. The minimum atomic E-state index is 0.391. The van der Waals surface area contributed by atoms with Crippen LogP contribution in [-0.4, -0.2) is 26.3 Å². The summed E-state index contributed by atoms with van der Waals surface area (Å²) in [5.41, 5.74) is 2.58. The van der Waals surface area contributed by atoms with Gasteiger partial charge in [0.15, 0.2) is 0 Å². The molecule has 1 aliphatic rings. The second-order valence-corrected chi connectivity index (χ2v) is 5.90. The molecule has 0 aromatic heterocycles. The van der Waals surface area contributed by atoms with Gasteiger partial charge in [0.1, 0.15) is 0 Å². The summed E-state index contributed by atoms with van der Waals surface area (Å²) in [5, 5.41) is 0.880. The van der Waals surface area contributed by atoms with Crippen molar-refractivity contribution in [2.45, 2.75) is 24.3 Å². The molecule has 4 heteroatoms. The molecular weight excluding hydrogens is 346 g/mol. The maximum atomic E-state index is 5.68. The topological polar surface area (TPSA) is 12.5 Å². The van der Waals surface area contributed by atoms with Crippen LogP contribution in [0.5, 0.6) is 0 Å². The zero-order valence-electron chi connectivity index (χ0n) is 9.96. The van der Waals surface area contributed by atoms with Crippen LogP contribution in [0.3, 0.4) is 0 Å². The molecule has 1 heterocycles. The van der Waals surface area contributed by atoms with Crippen LogP contribution in [0.25, 0.3) is 0 Å². The maximum Gasteiger partial charge on any atom is 0.0750 e. The molecule has 0 radical (unpaired) electrons. The van der Waals surface area contributed by atoms with E-state index in [9.17, 15) is 0 Å². The molecule has 0 spiro atoms. The molecule has 2 nitrogen and oxygen atoms in total. The summed E-state index contributed by atoms with van der Waals surface area (Å²) >= 11 is 7.07. The van der Waals surface area contributed by atoms with E-state index in [2.05, 4.69) is 62.0 Å². The molecule has 1 fully saturated rings. The van der Waals surface area contributed by atoms with Crippen molar-refractivity contribution in [3.63, 3.8) is 0 Å². The summed E-state index contributed by atoms with van der Waals surface area (Å²) in [4.78, 5) is 2.29. The Morgan fingerprint density at radius 2 is 2.29 bits per heavy atom. The van der Waals surface area contributed by atoms with Crippen LogP contribution < -0.4 is 4.90 Å². The fraction of sp³-hybridized carbons (Fsp3) is 0.538. The first-order valence-electron chi connectivity index (χ1n) is 5.88. The van der Waals surface area contributed by atoms with Gasteiger partial charge in [-0.25, -0.2) is 0 Å². The van der Waals surface area contributed by atoms with Crippen molar-refractivity contribution in [3.05, 3.63) is 28.2 Å². The third kappa shape index (κ3) is 3.46.